The van der Waals surface area contributed by atoms with E-state index in [0.717, 1.165) is 22.1 Å². The average molecular weight is 260 g/mol. The van der Waals surface area contributed by atoms with Crippen LogP contribution in [0.4, 0.5) is 0 Å². The Morgan fingerprint density at radius 3 is 3.12 bits per heavy atom. The third-order valence-electron chi connectivity index (χ3n) is 2.43. The van der Waals surface area contributed by atoms with Gasteiger partial charge < -0.3 is 0 Å². The SMILES string of the molecule is Cc1nc2sc(Cc3cccs3)nn2c1C#N. The van der Waals surface area contributed by atoms with E-state index in [1.807, 2.05) is 13.0 Å². The summed E-state index contributed by atoms with van der Waals surface area (Å²) in [5.41, 5.74) is 1.28. The molecule has 0 fully saturated rings. The molecule has 6 heteroatoms. The van der Waals surface area contributed by atoms with Gasteiger partial charge in [-0.3, -0.25) is 0 Å². The second kappa shape index (κ2) is 3.95. The van der Waals surface area contributed by atoms with Gasteiger partial charge in [0.25, 0.3) is 0 Å². The summed E-state index contributed by atoms with van der Waals surface area (Å²) in [6, 6.07) is 6.26. The summed E-state index contributed by atoms with van der Waals surface area (Å²) in [6.07, 6.45) is 0.815. The number of aryl methyl sites for hydroxylation is 1. The van der Waals surface area contributed by atoms with E-state index >= 15 is 0 Å². The van der Waals surface area contributed by atoms with Crippen molar-refractivity contribution in [2.24, 2.45) is 0 Å². The molecule has 84 valence electrons. The quantitative estimate of drug-likeness (QED) is 0.711. The molecular weight excluding hydrogens is 252 g/mol. The highest BCUT2D eigenvalue weighted by Crippen LogP contribution is 2.21. The molecule has 0 N–H and O–H groups in total. The molecular formula is C11H8N4S2. The van der Waals surface area contributed by atoms with Crippen LogP contribution in [0.3, 0.4) is 0 Å². The van der Waals surface area contributed by atoms with Crippen molar-refractivity contribution in [1.82, 2.24) is 14.6 Å². The summed E-state index contributed by atoms with van der Waals surface area (Å²) in [5, 5.41) is 16.5. The molecule has 0 aliphatic carbocycles. The van der Waals surface area contributed by atoms with Gasteiger partial charge in [0.1, 0.15) is 11.1 Å². The largest absolute Gasteiger partial charge is 0.221 e. The maximum absolute atomic E-state index is 9.03. The minimum absolute atomic E-state index is 0.536. The van der Waals surface area contributed by atoms with Crippen molar-refractivity contribution in [2.75, 3.05) is 0 Å². The van der Waals surface area contributed by atoms with Crippen LogP contribution < -0.4 is 0 Å². The van der Waals surface area contributed by atoms with E-state index in [1.165, 1.54) is 4.88 Å². The molecule has 3 aromatic rings. The number of imidazole rings is 1. The zero-order valence-electron chi connectivity index (χ0n) is 9.04. The summed E-state index contributed by atoms with van der Waals surface area (Å²) in [5.74, 6) is 0. The Kier molecular flexibility index (Phi) is 2.42. The predicted octanol–water partition coefficient (Wildman–Crippen LogP) is 2.62. The molecule has 0 saturated carbocycles. The third-order valence-corrected chi connectivity index (χ3v) is 4.22. The molecule has 4 nitrogen and oxygen atoms in total. The lowest BCUT2D eigenvalue weighted by Crippen LogP contribution is -1.92. The normalized spacial score (nSPS) is 10.8. The van der Waals surface area contributed by atoms with Crippen LogP contribution in [0.15, 0.2) is 17.5 Å². The second-order valence-corrected chi connectivity index (χ2v) is 5.68. The molecule has 3 rings (SSSR count). The first-order valence-electron chi connectivity index (χ1n) is 5.05. The van der Waals surface area contributed by atoms with Crippen LogP contribution in [0.25, 0.3) is 4.96 Å². The van der Waals surface area contributed by atoms with Gasteiger partial charge in [-0.2, -0.15) is 14.9 Å². The van der Waals surface area contributed by atoms with E-state index in [2.05, 4.69) is 27.6 Å². The predicted molar refractivity (Wildman–Crippen MR) is 67.4 cm³/mol. The van der Waals surface area contributed by atoms with Gasteiger partial charge in [0.05, 0.1) is 5.69 Å². The van der Waals surface area contributed by atoms with Crippen LogP contribution in [0.2, 0.25) is 0 Å². The van der Waals surface area contributed by atoms with Gasteiger partial charge in [-0.15, -0.1) is 11.3 Å². The Morgan fingerprint density at radius 2 is 2.41 bits per heavy atom. The number of rotatable bonds is 2. The smallest absolute Gasteiger partial charge is 0.213 e. The summed E-state index contributed by atoms with van der Waals surface area (Å²) in [4.78, 5) is 6.41. The fourth-order valence-electron chi connectivity index (χ4n) is 1.65. The van der Waals surface area contributed by atoms with Crippen molar-refractivity contribution < 1.29 is 0 Å². The van der Waals surface area contributed by atoms with E-state index < -0.39 is 0 Å². The molecule has 0 saturated heterocycles. The summed E-state index contributed by atoms with van der Waals surface area (Å²) in [7, 11) is 0. The summed E-state index contributed by atoms with van der Waals surface area (Å²) in [6.45, 7) is 1.83. The minimum Gasteiger partial charge on any atom is -0.221 e. The zero-order chi connectivity index (χ0) is 11.8. The third kappa shape index (κ3) is 1.73. The van der Waals surface area contributed by atoms with Crippen molar-refractivity contribution in [3.63, 3.8) is 0 Å². The number of nitrogens with zero attached hydrogens (tertiary/aromatic N) is 4. The molecule has 0 aliphatic heterocycles. The van der Waals surface area contributed by atoms with Crippen LogP contribution >= 0.6 is 22.7 Å². The van der Waals surface area contributed by atoms with Gasteiger partial charge in [-0.05, 0) is 18.4 Å². The Bertz CT molecular complexity index is 700. The van der Waals surface area contributed by atoms with E-state index in [1.54, 1.807) is 27.2 Å². The average Bonchev–Trinajstić information content (AvgIpc) is 2.95. The van der Waals surface area contributed by atoms with Gasteiger partial charge in [-0.1, -0.05) is 17.4 Å². The van der Waals surface area contributed by atoms with Crippen LogP contribution in [0.1, 0.15) is 21.3 Å². The van der Waals surface area contributed by atoms with Gasteiger partial charge in [-0.25, -0.2) is 4.98 Å². The van der Waals surface area contributed by atoms with Crippen LogP contribution in [0, 0.1) is 18.3 Å². The highest BCUT2D eigenvalue weighted by Gasteiger charge is 2.13. The topological polar surface area (TPSA) is 54.0 Å². The molecule has 0 bridgehead atoms. The first kappa shape index (κ1) is 10.4. The lowest BCUT2D eigenvalue weighted by molar-refractivity contribution is 0.909. The highest BCUT2D eigenvalue weighted by molar-refractivity contribution is 7.17. The second-order valence-electron chi connectivity index (χ2n) is 3.60. The number of hydrogen-bond acceptors (Lipinski definition) is 5. The Labute approximate surface area is 106 Å². The zero-order valence-corrected chi connectivity index (χ0v) is 10.7. The summed E-state index contributed by atoms with van der Waals surface area (Å²) >= 11 is 3.26. The van der Waals surface area contributed by atoms with Gasteiger partial charge in [0, 0.05) is 11.3 Å². The molecule has 0 aliphatic rings. The fraction of sp³-hybridized carbons (Fsp3) is 0.182. The van der Waals surface area contributed by atoms with E-state index in [4.69, 9.17) is 5.26 Å². The maximum atomic E-state index is 9.03. The van der Waals surface area contributed by atoms with Crippen molar-refractivity contribution in [3.8, 4) is 6.07 Å². The molecule has 0 unspecified atom stereocenters. The van der Waals surface area contributed by atoms with E-state index in [9.17, 15) is 0 Å². The van der Waals surface area contributed by atoms with Crippen LogP contribution in [-0.4, -0.2) is 14.6 Å². The van der Waals surface area contributed by atoms with Crippen molar-refractivity contribution >= 4 is 27.6 Å². The number of aromatic nitrogens is 3. The molecule has 0 aromatic carbocycles. The van der Waals surface area contributed by atoms with Gasteiger partial charge >= 0.3 is 0 Å². The molecule has 0 radical (unpaired) electrons. The van der Waals surface area contributed by atoms with Crippen molar-refractivity contribution in [1.29, 1.82) is 5.26 Å². The number of thiophene rings is 1. The number of fused-ring (bicyclic) bond motifs is 1. The summed E-state index contributed by atoms with van der Waals surface area (Å²) < 4.78 is 1.64. The number of nitriles is 1. The van der Waals surface area contributed by atoms with E-state index in [-0.39, 0.29) is 0 Å². The molecule has 0 spiro atoms. The first-order valence-corrected chi connectivity index (χ1v) is 6.75. The molecule has 0 atom stereocenters. The molecule has 3 aromatic heterocycles. The Hall–Kier alpha value is -1.71. The Balaban J connectivity index is 2.03. The lowest BCUT2D eigenvalue weighted by atomic mass is 10.4. The first-order chi connectivity index (χ1) is 8.28. The van der Waals surface area contributed by atoms with E-state index in [0.29, 0.717) is 5.69 Å². The molecule has 17 heavy (non-hydrogen) atoms. The van der Waals surface area contributed by atoms with Crippen molar-refractivity contribution in [2.45, 2.75) is 13.3 Å². The van der Waals surface area contributed by atoms with Crippen molar-refractivity contribution in [3.05, 3.63) is 38.8 Å². The maximum Gasteiger partial charge on any atom is 0.213 e. The monoisotopic (exact) mass is 260 g/mol. The minimum atomic E-state index is 0.536. The highest BCUT2D eigenvalue weighted by atomic mass is 32.1. The molecule has 3 heterocycles. The number of hydrogen-bond donors (Lipinski definition) is 0. The van der Waals surface area contributed by atoms with Gasteiger partial charge in [0.2, 0.25) is 4.96 Å². The standard InChI is InChI=1S/C11H8N4S2/c1-7-9(6-12)15-11(13-7)17-10(14-15)5-8-3-2-4-16-8/h2-4H,5H2,1H3. The molecule has 0 amide bonds. The lowest BCUT2D eigenvalue weighted by Gasteiger charge is -1.90. The fourth-order valence-corrected chi connectivity index (χ4v) is 3.41. The van der Waals surface area contributed by atoms with Crippen LogP contribution in [-0.2, 0) is 6.42 Å². The van der Waals surface area contributed by atoms with Gasteiger partial charge in [0.15, 0.2) is 5.69 Å². The Morgan fingerprint density at radius 1 is 1.53 bits per heavy atom. The van der Waals surface area contributed by atoms with Crippen LogP contribution in [0.5, 0.6) is 0 Å².